The van der Waals surface area contributed by atoms with Gasteiger partial charge in [-0.1, -0.05) is 31.2 Å². The molecule has 0 unspecified atom stereocenters. The number of allylic oxidation sites excluding steroid dienone is 6. The molecule has 0 atom stereocenters. The van der Waals surface area contributed by atoms with Gasteiger partial charge in [0.15, 0.2) is 17.2 Å². The Labute approximate surface area is 173 Å². The third kappa shape index (κ3) is 3.94. The molecule has 30 heavy (non-hydrogen) atoms. The SMILES string of the molecule is C=C(/C=C\C(F)=C/C)c1c(CC)[nH]n2c(=O)c(-c3nc(C=C(C)C)c(C)[nH]3)nnc12. The van der Waals surface area contributed by atoms with E-state index in [0.29, 0.717) is 29.0 Å². The maximum atomic E-state index is 13.5. The summed E-state index contributed by atoms with van der Waals surface area (Å²) in [6, 6.07) is 0. The fourth-order valence-corrected chi connectivity index (χ4v) is 3.08. The first-order valence-corrected chi connectivity index (χ1v) is 9.68. The van der Waals surface area contributed by atoms with E-state index in [2.05, 4.69) is 31.8 Å². The zero-order valence-corrected chi connectivity index (χ0v) is 17.8. The standard InChI is InChI=1S/C22H25FN6O/c1-7-15(23)10-9-13(5)18-16(8-2)28-29-21(18)27-26-19(22(29)30)20-24-14(6)17(25-20)11-12(3)4/h7,9-11,28H,5,8H2,1-4,6H3,(H,24,25)/b10-9-,15-7+. The van der Waals surface area contributed by atoms with Gasteiger partial charge in [0.2, 0.25) is 0 Å². The number of nitrogens with one attached hydrogen (secondary N) is 2. The topological polar surface area (TPSA) is 91.7 Å². The molecule has 3 heterocycles. The first-order valence-electron chi connectivity index (χ1n) is 9.68. The Hall–Kier alpha value is -3.55. The third-order valence-corrected chi connectivity index (χ3v) is 4.60. The van der Waals surface area contributed by atoms with Crippen LogP contribution in [0.5, 0.6) is 0 Å². The Balaban J connectivity index is 2.15. The van der Waals surface area contributed by atoms with Crippen molar-refractivity contribution >= 4 is 17.3 Å². The molecule has 0 radical (unpaired) electrons. The average Bonchev–Trinajstić information content (AvgIpc) is 3.26. The van der Waals surface area contributed by atoms with Crippen LogP contribution in [0.2, 0.25) is 0 Å². The summed E-state index contributed by atoms with van der Waals surface area (Å²) in [5.41, 5.74) is 4.68. The minimum Gasteiger partial charge on any atom is -0.340 e. The molecular weight excluding hydrogens is 383 g/mol. The molecule has 0 spiro atoms. The highest BCUT2D eigenvalue weighted by molar-refractivity contribution is 5.82. The van der Waals surface area contributed by atoms with E-state index in [1.54, 1.807) is 13.0 Å². The van der Waals surface area contributed by atoms with Crippen LogP contribution in [-0.4, -0.2) is 29.8 Å². The van der Waals surface area contributed by atoms with E-state index in [0.717, 1.165) is 22.7 Å². The number of rotatable bonds is 6. The molecule has 0 saturated heterocycles. The summed E-state index contributed by atoms with van der Waals surface area (Å²) in [5.74, 6) is -0.0186. The van der Waals surface area contributed by atoms with Crippen molar-refractivity contribution in [3.63, 3.8) is 0 Å². The van der Waals surface area contributed by atoms with Gasteiger partial charge in [0, 0.05) is 17.0 Å². The highest BCUT2D eigenvalue weighted by Gasteiger charge is 2.20. The maximum Gasteiger partial charge on any atom is 0.302 e. The van der Waals surface area contributed by atoms with Crippen molar-refractivity contribution < 1.29 is 4.39 Å². The van der Waals surface area contributed by atoms with Crippen LogP contribution in [0.3, 0.4) is 0 Å². The van der Waals surface area contributed by atoms with Crippen molar-refractivity contribution in [1.82, 2.24) is 29.8 Å². The molecule has 0 saturated carbocycles. The van der Waals surface area contributed by atoms with E-state index < -0.39 is 0 Å². The van der Waals surface area contributed by atoms with Crippen molar-refractivity contribution in [3.8, 4) is 11.5 Å². The number of halogens is 1. The highest BCUT2D eigenvalue weighted by Crippen LogP contribution is 2.24. The zero-order chi connectivity index (χ0) is 22.0. The third-order valence-electron chi connectivity index (χ3n) is 4.60. The Kier molecular flexibility index (Phi) is 5.96. The number of fused-ring (bicyclic) bond motifs is 1. The summed E-state index contributed by atoms with van der Waals surface area (Å²) < 4.78 is 14.8. The van der Waals surface area contributed by atoms with Gasteiger partial charge in [-0.15, -0.1) is 10.2 Å². The van der Waals surface area contributed by atoms with E-state index in [1.807, 2.05) is 33.8 Å². The minimum absolute atomic E-state index is 0.112. The van der Waals surface area contributed by atoms with Crippen LogP contribution in [0.15, 0.2) is 41.0 Å². The average molecular weight is 408 g/mol. The molecule has 0 fully saturated rings. The molecule has 0 aliphatic rings. The Morgan fingerprint density at radius 2 is 2.00 bits per heavy atom. The van der Waals surface area contributed by atoms with Gasteiger partial charge in [0.1, 0.15) is 5.83 Å². The van der Waals surface area contributed by atoms with E-state index in [9.17, 15) is 9.18 Å². The lowest BCUT2D eigenvalue weighted by Gasteiger charge is -2.01. The normalized spacial score (nSPS) is 12.1. The molecule has 0 aliphatic heterocycles. The van der Waals surface area contributed by atoms with Gasteiger partial charge in [-0.05, 0) is 51.8 Å². The maximum absolute atomic E-state index is 13.5. The van der Waals surface area contributed by atoms with Crippen molar-refractivity contribution in [1.29, 1.82) is 0 Å². The van der Waals surface area contributed by atoms with Crippen molar-refractivity contribution in [2.45, 2.75) is 41.0 Å². The van der Waals surface area contributed by atoms with E-state index in [-0.39, 0.29) is 17.1 Å². The molecule has 3 rings (SSSR count). The van der Waals surface area contributed by atoms with E-state index in [1.165, 1.54) is 16.7 Å². The molecule has 8 heteroatoms. The molecule has 2 N–H and O–H groups in total. The second kappa shape index (κ2) is 8.44. The number of hydrogen-bond acceptors (Lipinski definition) is 4. The molecule has 156 valence electrons. The van der Waals surface area contributed by atoms with Crippen LogP contribution in [0, 0.1) is 6.92 Å². The molecule has 0 amide bonds. The Morgan fingerprint density at radius 1 is 1.27 bits per heavy atom. The van der Waals surface area contributed by atoms with Crippen LogP contribution in [-0.2, 0) is 6.42 Å². The lowest BCUT2D eigenvalue weighted by atomic mass is 10.1. The second-order valence-corrected chi connectivity index (χ2v) is 7.18. The van der Waals surface area contributed by atoms with Crippen LogP contribution < -0.4 is 5.56 Å². The fourth-order valence-electron chi connectivity index (χ4n) is 3.08. The summed E-state index contributed by atoms with van der Waals surface area (Å²) in [4.78, 5) is 20.7. The predicted octanol–water partition coefficient (Wildman–Crippen LogP) is 4.54. The Bertz CT molecular complexity index is 1260. The number of H-pyrrole nitrogens is 2. The minimum atomic E-state index is -0.380. The lowest BCUT2D eigenvalue weighted by molar-refractivity contribution is 0.665. The van der Waals surface area contributed by atoms with Gasteiger partial charge in [-0.2, -0.15) is 4.52 Å². The number of nitrogens with zero attached hydrogens (tertiary/aromatic N) is 4. The summed E-state index contributed by atoms with van der Waals surface area (Å²) >= 11 is 0. The van der Waals surface area contributed by atoms with E-state index >= 15 is 0 Å². The molecule has 0 aliphatic carbocycles. The van der Waals surface area contributed by atoms with Crippen LogP contribution in [0.4, 0.5) is 4.39 Å². The first-order chi connectivity index (χ1) is 14.3. The Morgan fingerprint density at radius 3 is 2.63 bits per heavy atom. The number of imidazole rings is 1. The summed E-state index contributed by atoms with van der Waals surface area (Å²) in [7, 11) is 0. The number of hydrogen-bond donors (Lipinski definition) is 2. The quantitative estimate of drug-likeness (QED) is 0.586. The molecular formula is C22H25FN6O. The lowest BCUT2D eigenvalue weighted by Crippen LogP contribution is -2.20. The largest absolute Gasteiger partial charge is 0.340 e. The smallest absolute Gasteiger partial charge is 0.302 e. The van der Waals surface area contributed by atoms with Gasteiger partial charge in [-0.25, -0.2) is 9.37 Å². The van der Waals surface area contributed by atoms with E-state index in [4.69, 9.17) is 0 Å². The first kappa shape index (κ1) is 21.2. The van der Waals surface area contributed by atoms with Gasteiger partial charge >= 0.3 is 5.56 Å². The van der Waals surface area contributed by atoms with Gasteiger partial charge < -0.3 is 4.98 Å². The van der Waals surface area contributed by atoms with Crippen LogP contribution in [0.1, 0.15) is 50.3 Å². The zero-order valence-electron chi connectivity index (χ0n) is 17.8. The van der Waals surface area contributed by atoms with Crippen molar-refractivity contribution in [2.75, 3.05) is 0 Å². The number of aryl methyl sites for hydroxylation is 2. The number of aromatic nitrogens is 6. The molecule has 0 bridgehead atoms. The molecule has 3 aromatic rings. The molecule has 7 nitrogen and oxygen atoms in total. The van der Waals surface area contributed by atoms with Crippen LogP contribution in [0.25, 0.3) is 28.8 Å². The molecule has 3 aromatic heterocycles. The number of aromatic amines is 2. The fraction of sp³-hybridized carbons (Fsp3) is 0.273. The summed E-state index contributed by atoms with van der Waals surface area (Å²) in [6.45, 7) is 13.4. The monoisotopic (exact) mass is 408 g/mol. The second-order valence-electron chi connectivity index (χ2n) is 7.18. The van der Waals surface area contributed by atoms with Crippen molar-refractivity contribution in [3.05, 3.63) is 69.2 Å². The van der Waals surface area contributed by atoms with Crippen LogP contribution >= 0.6 is 0 Å². The van der Waals surface area contributed by atoms with Gasteiger partial charge in [0.05, 0.1) is 5.69 Å². The summed E-state index contributed by atoms with van der Waals surface area (Å²) in [6.07, 6.45) is 6.77. The van der Waals surface area contributed by atoms with Crippen molar-refractivity contribution in [2.24, 2.45) is 0 Å². The predicted molar refractivity (Wildman–Crippen MR) is 118 cm³/mol. The van der Waals surface area contributed by atoms with Gasteiger partial charge in [0.25, 0.3) is 0 Å². The van der Waals surface area contributed by atoms with Gasteiger partial charge in [-0.3, -0.25) is 9.89 Å². The highest BCUT2D eigenvalue weighted by atomic mass is 19.1. The molecule has 0 aromatic carbocycles. The summed E-state index contributed by atoms with van der Waals surface area (Å²) in [5, 5.41) is 11.5.